The van der Waals surface area contributed by atoms with E-state index in [4.69, 9.17) is 0 Å². The van der Waals surface area contributed by atoms with Gasteiger partial charge in [0.15, 0.2) is 0 Å². The molecule has 0 aromatic rings. The monoisotopic (exact) mass is 327 g/mol. The minimum absolute atomic E-state index is 0.382. The van der Waals surface area contributed by atoms with Gasteiger partial charge in [-0.15, -0.1) is 0 Å². The third-order valence-corrected chi connectivity index (χ3v) is 2.91. The summed E-state index contributed by atoms with van der Waals surface area (Å²) < 4.78 is 8.90. The van der Waals surface area contributed by atoms with Gasteiger partial charge in [0.2, 0.25) is 0 Å². The summed E-state index contributed by atoms with van der Waals surface area (Å²) in [6.45, 7) is 2.57. The molecule has 51 valence electrons. The van der Waals surface area contributed by atoms with Gasteiger partial charge in [0, 0.05) is 0 Å². The molecule has 0 fully saturated rings. The molecular formula is C4H6BiO4. The molecule has 0 rings (SSSR count). The van der Waals surface area contributed by atoms with Crippen LogP contribution in [0, 0.1) is 0 Å². The van der Waals surface area contributed by atoms with E-state index in [1.807, 2.05) is 0 Å². The maximum absolute atomic E-state index is 10.1. The van der Waals surface area contributed by atoms with Crippen LogP contribution in [-0.2, 0) is 15.2 Å². The van der Waals surface area contributed by atoms with Gasteiger partial charge >= 0.3 is 65.1 Å². The Morgan fingerprint density at radius 2 is 1.44 bits per heavy atom. The van der Waals surface area contributed by atoms with E-state index in [1.165, 1.54) is 13.8 Å². The summed E-state index contributed by atoms with van der Waals surface area (Å²) in [5.41, 5.74) is 0. The van der Waals surface area contributed by atoms with E-state index in [0.717, 1.165) is 0 Å². The Morgan fingerprint density at radius 1 is 1.11 bits per heavy atom. The normalized spacial score (nSPS) is 8.22. The summed E-state index contributed by atoms with van der Waals surface area (Å²) in [5, 5.41) is 0. The Bertz CT molecular complexity index is 108. The average molecular weight is 327 g/mol. The van der Waals surface area contributed by atoms with Gasteiger partial charge in [-0.05, 0) is 0 Å². The van der Waals surface area contributed by atoms with Gasteiger partial charge in [0.1, 0.15) is 0 Å². The van der Waals surface area contributed by atoms with Crippen molar-refractivity contribution >= 4 is 36.1 Å². The van der Waals surface area contributed by atoms with Crippen LogP contribution >= 0.6 is 0 Å². The van der Waals surface area contributed by atoms with Gasteiger partial charge in [0.25, 0.3) is 0 Å². The van der Waals surface area contributed by atoms with Crippen LogP contribution in [0.4, 0.5) is 0 Å². The van der Waals surface area contributed by atoms with E-state index in [1.54, 1.807) is 0 Å². The summed E-state index contributed by atoms with van der Waals surface area (Å²) in [5.74, 6) is -0.763. The fourth-order valence-electron chi connectivity index (χ4n) is 0.124. The summed E-state index contributed by atoms with van der Waals surface area (Å²) in [4.78, 5) is 20.1. The zero-order valence-electron chi connectivity index (χ0n) is 5.08. The van der Waals surface area contributed by atoms with E-state index in [9.17, 15) is 9.59 Å². The fourth-order valence-corrected chi connectivity index (χ4v) is 1.08. The van der Waals surface area contributed by atoms with Crippen molar-refractivity contribution in [2.45, 2.75) is 13.8 Å². The Hall–Kier alpha value is -0.177. The van der Waals surface area contributed by atoms with Crippen molar-refractivity contribution in [2.75, 3.05) is 0 Å². The summed E-state index contributed by atoms with van der Waals surface area (Å²) >= 11 is -1.71. The summed E-state index contributed by atoms with van der Waals surface area (Å²) in [6, 6.07) is 0. The maximum atomic E-state index is 10.1. The summed E-state index contributed by atoms with van der Waals surface area (Å²) in [7, 11) is 0. The van der Waals surface area contributed by atoms with Gasteiger partial charge in [-0.25, -0.2) is 0 Å². The Balaban J connectivity index is 3.10. The molecule has 0 aliphatic heterocycles. The number of rotatable bonds is 2. The van der Waals surface area contributed by atoms with Crippen LogP contribution in [-0.4, -0.2) is 36.1 Å². The molecule has 0 aromatic heterocycles. The fraction of sp³-hybridized carbons (Fsp3) is 0.500. The van der Waals surface area contributed by atoms with Crippen molar-refractivity contribution in [2.24, 2.45) is 0 Å². The zero-order chi connectivity index (χ0) is 7.28. The first-order valence-corrected chi connectivity index (χ1v) is 5.02. The van der Waals surface area contributed by atoms with Crippen molar-refractivity contribution in [3.63, 3.8) is 0 Å². The van der Waals surface area contributed by atoms with Gasteiger partial charge in [-0.3, -0.25) is 0 Å². The Kier molecular flexibility index (Phi) is 4.59. The quantitative estimate of drug-likeness (QED) is 0.651. The molecule has 1 radical (unpaired) electrons. The molecule has 0 heterocycles. The van der Waals surface area contributed by atoms with Crippen LogP contribution in [0.5, 0.6) is 0 Å². The van der Waals surface area contributed by atoms with E-state index >= 15 is 0 Å². The second kappa shape index (κ2) is 4.68. The van der Waals surface area contributed by atoms with Crippen molar-refractivity contribution in [3.8, 4) is 0 Å². The molecule has 0 N–H and O–H groups in total. The van der Waals surface area contributed by atoms with Crippen LogP contribution < -0.4 is 0 Å². The number of hydrogen-bond donors (Lipinski definition) is 0. The molecule has 0 spiro atoms. The van der Waals surface area contributed by atoms with Crippen LogP contribution in [0.2, 0.25) is 0 Å². The molecule has 5 heteroatoms. The molecule has 0 saturated carbocycles. The summed E-state index contributed by atoms with van der Waals surface area (Å²) in [6.07, 6.45) is 0. The van der Waals surface area contributed by atoms with Crippen LogP contribution in [0.15, 0.2) is 0 Å². The van der Waals surface area contributed by atoms with Crippen molar-refractivity contribution in [1.82, 2.24) is 0 Å². The molecule has 0 aliphatic carbocycles. The molecule has 0 bridgehead atoms. The van der Waals surface area contributed by atoms with E-state index in [-0.39, 0.29) is 11.9 Å². The van der Waals surface area contributed by atoms with Gasteiger partial charge < -0.3 is 0 Å². The van der Waals surface area contributed by atoms with Crippen molar-refractivity contribution < 1.29 is 15.2 Å². The van der Waals surface area contributed by atoms with Crippen LogP contribution in [0.3, 0.4) is 0 Å². The topological polar surface area (TPSA) is 52.6 Å². The molecule has 0 atom stereocenters. The third kappa shape index (κ3) is 7.82. The van der Waals surface area contributed by atoms with E-state index < -0.39 is 24.1 Å². The number of carbonyl (C=O) groups is 2. The third-order valence-electron chi connectivity index (χ3n) is 0.332. The molecule has 9 heavy (non-hydrogen) atoms. The Morgan fingerprint density at radius 3 is 1.67 bits per heavy atom. The second-order valence-electron chi connectivity index (χ2n) is 1.24. The Labute approximate surface area is 65.3 Å². The molecule has 0 aromatic carbocycles. The second-order valence-corrected chi connectivity index (χ2v) is 3.24. The molecule has 0 aliphatic rings. The van der Waals surface area contributed by atoms with Gasteiger partial charge in [0.05, 0.1) is 0 Å². The van der Waals surface area contributed by atoms with Crippen molar-refractivity contribution in [1.29, 1.82) is 0 Å². The SMILES string of the molecule is CC(=O)[O][Bi][O]C(C)=O. The number of carbonyl (C=O) groups excluding carboxylic acids is 2. The van der Waals surface area contributed by atoms with E-state index in [0.29, 0.717) is 0 Å². The standard InChI is InChI=1S/2C2H4O2.Bi/c2*1-2(3)4;/h2*1H3,(H,3,4);/q;;+2/p-2. The van der Waals surface area contributed by atoms with Crippen LogP contribution in [0.25, 0.3) is 0 Å². The van der Waals surface area contributed by atoms with Crippen LogP contribution in [0.1, 0.15) is 13.8 Å². The van der Waals surface area contributed by atoms with Gasteiger partial charge in [-0.2, -0.15) is 0 Å². The zero-order valence-corrected chi connectivity index (χ0v) is 8.56. The van der Waals surface area contributed by atoms with Gasteiger partial charge in [-0.1, -0.05) is 0 Å². The first-order chi connectivity index (χ1) is 4.13. The minimum atomic E-state index is -1.71. The predicted octanol–water partition coefficient (Wildman–Crippen LogP) is -0.353. The number of hydrogen-bond acceptors (Lipinski definition) is 4. The molecule has 4 nitrogen and oxygen atoms in total. The van der Waals surface area contributed by atoms with E-state index in [2.05, 4.69) is 5.63 Å². The van der Waals surface area contributed by atoms with Crippen molar-refractivity contribution in [3.05, 3.63) is 0 Å². The molecule has 0 unspecified atom stereocenters. The molecule has 0 amide bonds. The predicted molar refractivity (Wildman–Crippen MR) is 29.3 cm³/mol. The first-order valence-electron chi connectivity index (χ1n) is 2.18. The first kappa shape index (κ1) is 8.82. The molecule has 0 saturated heterocycles. The average Bonchev–Trinajstić information content (AvgIpc) is 1.63. The molecular weight excluding hydrogens is 321 g/mol.